The minimum Gasteiger partial charge on any atom is -0.481 e. The van der Waals surface area contributed by atoms with E-state index in [9.17, 15) is 4.79 Å². The molecule has 3 nitrogen and oxygen atoms in total. The largest absolute Gasteiger partial charge is 0.481 e. The zero-order valence-electron chi connectivity index (χ0n) is 7.45. The van der Waals surface area contributed by atoms with Crippen molar-refractivity contribution in [3.8, 4) is 0 Å². The molecule has 1 saturated heterocycles. The zero-order valence-corrected chi connectivity index (χ0v) is 7.45. The molecule has 0 amide bonds. The van der Waals surface area contributed by atoms with Crippen LogP contribution in [0.2, 0.25) is 0 Å². The van der Waals surface area contributed by atoms with E-state index in [4.69, 9.17) is 9.84 Å². The molecule has 0 radical (unpaired) electrons. The molecule has 1 N–H and O–H groups in total. The predicted octanol–water partition coefficient (Wildman–Crippen LogP) is 1.52. The summed E-state index contributed by atoms with van der Waals surface area (Å²) < 4.78 is 5.19. The summed E-state index contributed by atoms with van der Waals surface area (Å²) in [6, 6.07) is 0. The molecule has 1 heterocycles. The zero-order chi connectivity index (χ0) is 8.97. The highest BCUT2D eigenvalue weighted by molar-refractivity contribution is 5.69. The third-order valence-electron chi connectivity index (χ3n) is 2.45. The quantitative estimate of drug-likeness (QED) is 0.702. The molecule has 0 bridgehead atoms. The van der Waals surface area contributed by atoms with Crippen LogP contribution in [-0.4, -0.2) is 24.3 Å². The Hall–Kier alpha value is -0.570. The first-order valence-electron chi connectivity index (χ1n) is 4.50. The van der Waals surface area contributed by atoms with Crippen molar-refractivity contribution in [3.05, 3.63) is 0 Å². The molecule has 1 atom stereocenters. The van der Waals surface area contributed by atoms with Crippen LogP contribution in [0.4, 0.5) is 0 Å². The summed E-state index contributed by atoms with van der Waals surface area (Å²) in [7, 11) is 0. The van der Waals surface area contributed by atoms with Gasteiger partial charge in [0.1, 0.15) is 0 Å². The Labute approximate surface area is 72.7 Å². The molecule has 1 aliphatic rings. The molecular weight excluding hydrogens is 156 g/mol. The second kappa shape index (κ2) is 4.45. The smallest absolute Gasteiger partial charge is 0.306 e. The molecule has 1 unspecified atom stereocenters. The molecule has 0 aromatic carbocycles. The molecule has 0 aromatic heterocycles. The van der Waals surface area contributed by atoms with E-state index in [0.717, 1.165) is 32.5 Å². The average molecular weight is 172 g/mol. The summed E-state index contributed by atoms with van der Waals surface area (Å²) >= 11 is 0. The number of aliphatic carboxylic acids is 1. The lowest BCUT2D eigenvalue weighted by molar-refractivity contribution is -0.142. The van der Waals surface area contributed by atoms with E-state index in [1.807, 2.05) is 0 Å². The number of hydrogen-bond acceptors (Lipinski definition) is 2. The lowest BCUT2D eigenvalue weighted by Crippen LogP contribution is -2.21. The number of carboxylic acids is 1. The van der Waals surface area contributed by atoms with Crippen LogP contribution in [0.3, 0.4) is 0 Å². The number of carbonyl (C=O) groups is 1. The van der Waals surface area contributed by atoms with Gasteiger partial charge in [0.2, 0.25) is 0 Å². The van der Waals surface area contributed by atoms with Crippen LogP contribution in [0.5, 0.6) is 0 Å². The summed E-state index contributed by atoms with van der Waals surface area (Å²) in [4.78, 5) is 10.5. The van der Waals surface area contributed by atoms with E-state index >= 15 is 0 Å². The van der Waals surface area contributed by atoms with E-state index in [2.05, 4.69) is 0 Å². The van der Waals surface area contributed by atoms with E-state index in [1.165, 1.54) is 0 Å². The van der Waals surface area contributed by atoms with Crippen molar-refractivity contribution >= 4 is 5.97 Å². The molecule has 3 heteroatoms. The fourth-order valence-electron chi connectivity index (χ4n) is 1.58. The third kappa shape index (κ3) is 2.81. The maximum Gasteiger partial charge on any atom is 0.306 e. The fraction of sp³-hybridized carbons (Fsp3) is 0.889. The van der Waals surface area contributed by atoms with Gasteiger partial charge in [-0.15, -0.1) is 0 Å². The average Bonchev–Trinajstić information content (AvgIpc) is 2.06. The predicted molar refractivity (Wildman–Crippen MR) is 45.0 cm³/mol. The third-order valence-corrected chi connectivity index (χ3v) is 2.45. The van der Waals surface area contributed by atoms with Crippen LogP contribution in [0.25, 0.3) is 0 Å². The van der Waals surface area contributed by atoms with E-state index in [0.29, 0.717) is 5.92 Å². The molecule has 1 aliphatic heterocycles. The van der Waals surface area contributed by atoms with Crippen LogP contribution >= 0.6 is 0 Å². The molecule has 12 heavy (non-hydrogen) atoms. The van der Waals surface area contributed by atoms with Gasteiger partial charge in [0.05, 0.1) is 5.92 Å². The van der Waals surface area contributed by atoms with Gasteiger partial charge in [-0.1, -0.05) is 6.92 Å². The normalized spacial score (nSPS) is 22.1. The Morgan fingerprint density at radius 3 is 2.67 bits per heavy atom. The van der Waals surface area contributed by atoms with Crippen LogP contribution < -0.4 is 0 Å². The van der Waals surface area contributed by atoms with Crippen molar-refractivity contribution < 1.29 is 14.6 Å². The molecule has 1 fully saturated rings. The monoisotopic (exact) mass is 172 g/mol. The van der Waals surface area contributed by atoms with Gasteiger partial charge in [-0.05, 0) is 25.2 Å². The van der Waals surface area contributed by atoms with Gasteiger partial charge in [0.25, 0.3) is 0 Å². The van der Waals surface area contributed by atoms with Crippen molar-refractivity contribution in [1.82, 2.24) is 0 Å². The van der Waals surface area contributed by atoms with Crippen molar-refractivity contribution in [1.29, 1.82) is 0 Å². The van der Waals surface area contributed by atoms with E-state index < -0.39 is 5.97 Å². The molecule has 1 rings (SSSR count). The summed E-state index contributed by atoms with van der Waals surface area (Å²) in [5, 5.41) is 8.68. The Balaban J connectivity index is 2.24. The molecule has 0 aromatic rings. The summed E-state index contributed by atoms with van der Waals surface area (Å²) in [5.41, 5.74) is 0. The van der Waals surface area contributed by atoms with Gasteiger partial charge in [0.15, 0.2) is 0 Å². The minimum atomic E-state index is -0.679. The SMILES string of the molecule is CC(CC1CCOCC1)C(=O)O. The number of hydrogen-bond donors (Lipinski definition) is 1. The highest BCUT2D eigenvalue weighted by Gasteiger charge is 2.20. The Morgan fingerprint density at radius 1 is 1.58 bits per heavy atom. The molecule has 70 valence electrons. The molecule has 0 saturated carbocycles. The van der Waals surface area contributed by atoms with Crippen LogP contribution in [-0.2, 0) is 9.53 Å². The summed E-state index contributed by atoms with van der Waals surface area (Å²) in [5.74, 6) is -0.320. The number of carboxylic acid groups (broad SMARTS) is 1. The first-order valence-corrected chi connectivity index (χ1v) is 4.50. The van der Waals surface area contributed by atoms with Gasteiger partial charge in [-0.2, -0.15) is 0 Å². The Bertz CT molecular complexity index is 150. The molecular formula is C9H16O3. The lowest BCUT2D eigenvalue weighted by Gasteiger charge is -2.23. The fourth-order valence-corrected chi connectivity index (χ4v) is 1.58. The van der Waals surface area contributed by atoms with Gasteiger partial charge < -0.3 is 9.84 Å². The van der Waals surface area contributed by atoms with Crippen LogP contribution in [0, 0.1) is 11.8 Å². The van der Waals surface area contributed by atoms with Crippen molar-refractivity contribution in [2.24, 2.45) is 11.8 Å². The second-order valence-corrected chi connectivity index (χ2v) is 3.53. The maximum absolute atomic E-state index is 10.5. The van der Waals surface area contributed by atoms with E-state index in [1.54, 1.807) is 6.92 Å². The first kappa shape index (κ1) is 9.52. The topological polar surface area (TPSA) is 46.5 Å². The summed E-state index contributed by atoms with van der Waals surface area (Å²) in [6.07, 6.45) is 2.86. The highest BCUT2D eigenvalue weighted by atomic mass is 16.5. The van der Waals surface area contributed by atoms with E-state index in [-0.39, 0.29) is 5.92 Å². The van der Waals surface area contributed by atoms with Crippen LogP contribution in [0.15, 0.2) is 0 Å². The van der Waals surface area contributed by atoms with Gasteiger partial charge in [0, 0.05) is 13.2 Å². The minimum absolute atomic E-state index is 0.201. The van der Waals surface area contributed by atoms with Crippen molar-refractivity contribution in [3.63, 3.8) is 0 Å². The van der Waals surface area contributed by atoms with Gasteiger partial charge >= 0.3 is 5.97 Å². The Morgan fingerprint density at radius 2 is 2.17 bits per heavy atom. The second-order valence-electron chi connectivity index (χ2n) is 3.53. The molecule has 0 aliphatic carbocycles. The number of ether oxygens (including phenoxy) is 1. The first-order chi connectivity index (χ1) is 5.70. The number of rotatable bonds is 3. The highest BCUT2D eigenvalue weighted by Crippen LogP contribution is 2.22. The summed E-state index contributed by atoms with van der Waals surface area (Å²) in [6.45, 7) is 3.38. The van der Waals surface area contributed by atoms with Crippen LogP contribution in [0.1, 0.15) is 26.2 Å². The lowest BCUT2D eigenvalue weighted by atomic mass is 9.90. The van der Waals surface area contributed by atoms with Crippen molar-refractivity contribution in [2.45, 2.75) is 26.2 Å². The standard InChI is InChI=1S/C9H16O3/c1-7(9(10)11)6-8-2-4-12-5-3-8/h7-8H,2-6H2,1H3,(H,10,11). The maximum atomic E-state index is 10.5. The Kier molecular flexibility index (Phi) is 3.53. The van der Waals surface area contributed by atoms with Crippen molar-refractivity contribution in [2.75, 3.05) is 13.2 Å². The van der Waals surface area contributed by atoms with Gasteiger partial charge in [-0.25, -0.2) is 0 Å². The molecule has 0 spiro atoms. The van der Waals surface area contributed by atoms with Gasteiger partial charge in [-0.3, -0.25) is 4.79 Å².